The Balaban J connectivity index is 0.000000224. The van der Waals surface area contributed by atoms with Crippen LogP contribution in [0, 0.1) is 24.2 Å². The zero-order valence-corrected chi connectivity index (χ0v) is 9.91. The van der Waals surface area contributed by atoms with Gasteiger partial charge in [-0.2, -0.15) is 13.2 Å². The molecule has 106 valence electrons. The molecule has 0 radical (unpaired) electrons. The number of likely N-dealkylation sites (tertiary alicyclic amines) is 1. The number of rotatable bonds is 0. The number of terminal acetylenes is 1. The number of carboxylic acids is 1. The number of nitrogens with one attached hydrogen (secondary N) is 1. The first-order valence-corrected chi connectivity index (χ1v) is 5.52. The summed E-state index contributed by atoms with van der Waals surface area (Å²) >= 11 is 0. The Labute approximate surface area is 107 Å². The van der Waals surface area contributed by atoms with Crippen LogP contribution in [0.2, 0.25) is 0 Å². The summed E-state index contributed by atoms with van der Waals surface area (Å²) in [5.41, 5.74) is 0. The van der Waals surface area contributed by atoms with Crippen molar-refractivity contribution >= 4 is 11.9 Å². The monoisotopic (exact) mass is 278 g/mol. The third-order valence-electron chi connectivity index (χ3n) is 3.04. The summed E-state index contributed by atoms with van der Waals surface area (Å²) < 4.78 is 31.7. The number of fused-ring (bicyclic) bond motifs is 1. The largest absolute Gasteiger partial charge is 0.490 e. The highest BCUT2D eigenvalue weighted by atomic mass is 19.4. The molecule has 0 spiro atoms. The van der Waals surface area contributed by atoms with E-state index >= 15 is 0 Å². The molecule has 8 heteroatoms. The first kappa shape index (κ1) is 15.3. The lowest BCUT2D eigenvalue weighted by Crippen LogP contribution is -2.30. The van der Waals surface area contributed by atoms with Crippen molar-refractivity contribution in [3.05, 3.63) is 0 Å². The van der Waals surface area contributed by atoms with Crippen molar-refractivity contribution < 1.29 is 27.9 Å². The van der Waals surface area contributed by atoms with E-state index < -0.39 is 12.1 Å². The van der Waals surface area contributed by atoms with E-state index in [9.17, 15) is 18.0 Å². The van der Waals surface area contributed by atoms with E-state index in [1.165, 1.54) is 0 Å². The second-order valence-corrected chi connectivity index (χ2v) is 4.34. The Morgan fingerprint density at radius 1 is 1.26 bits per heavy atom. The van der Waals surface area contributed by atoms with Gasteiger partial charge in [0, 0.05) is 26.2 Å². The molecular formula is C11H13F3N2O3. The van der Waals surface area contributed by atoms with Crippen molar-refractivity contribution in [3.63, 3.8) is 0 Å². The van der Waals surface area contributed by atoms with Gasteiger partial charge in [-0.1, -0.05) is 0 Å². The fourth-order valence-corrected chi connectivity index (χ4v) is 2.11. The molecule has 2 rings (SSSR count). The summed E-state index contributed by atoms with van der Waals surface area (Å²) in [5, 5.41) is 10.4. The molecule has 2 unspecified atom stereocenters. The molecule has 0 aromatic carbocycles. The standard InChI is InChI=1S/C9H12N2O.C2HF3O2/c1-2-9(12)11-5-7-3-10-4-8(7)6-11;3-2(4,5)1(6)7/h1,7-8,10H,3-6H2;(H,6,7). The van der Waals surface area contributed by atoms with Gasteiger partial charge < -0.3 is 15.3 Å². The number of alkyl halides is 3. The molecule has 5 nitrogen and oxygen atoms in total. The van der Waals surface area contributed by atoms with Crippen LogP contribution in [-0.4, -0.2) is 54.2 Å². The summed E-state index contributed by atoms with van der Waals surface area (Å²) in [7, 11) is 0. The van der Waals surface area contributed by atoms with Gasteiger partial charge in [0.05, 0.1) is 0 Å². The molecule has 2 fully saturated rings. The van der Waals surface area contributed by atoms with E-state index in [1.54, 1.807) is 4.90 Å². The molecule has 0 aromatic rings. The summed E-state index contributed by atoms with van der Waals surface area (Å²) in [4.78, 5) is 21.8. The second kappa shape index (κ2) is 5.93. The van der Waals surface area contributed by atoms with Gasteiger partial charge >= 0.3 is 12.1 Å². The molecule has 0 aromatic heterocycles. The van der Waals surface area contributed by atoms with Crippen molar-refractivity contribution in [1.29, 1.82) is 0 Å². The zero-order valence-electron chi connectivity index (χ0n) is 9.91. The summed E-state index contributed by atoms with van der Waals surface area (Å²) in [6.07, 6.45) is -0.0379. The van der Waals surface area contributed by atoms with Gasteiger partial charge in [0.25, 0.3) is 5.91 Å². The maximum Gasteiger partial charge on any atom is 0.490 e. The average molecular weight is 278 g/mol. The van der Waals surface area contributed by atoms with Gasteiger partial charge in [0.2, 0.25) is 0 Å². The number of hydrogen-bond acceptors (Lipinski definition) is 3. The van der Waals surface area contributed by atoms with Gasteiger partial charge in [-0.15, -0.1) is 6.42 Å². The number of carbonyl (C=O) groups excluding carboxylic acids is 1. The summed E-state index contributed by atoms with van der Waals surface area (Å²) in [6, 6.07) is 0. The van der Waals surface area contributed by atoms with Crippen molar-refractivity contribution in [3.8, 4) is 12.3 Å². The highest BCUT2D eigenvalue weighted by Gasteiger charge is 2.38. The molecule has 19 heavy (non-hydrogen) atoms. The minimum Gasteiger partial charge on any atom is -0.475 e. The van der Waals surface area contributed by atoms with Crippen LogP contribution in [0.1, 0.15) is 0 Å². The predicted molar refractivity (Wildman–Crippen MR) is 59.0 cm³/mol. The van der Waals surface area contributed by atoms with Crippen LogP contribution >= 0.6 is 0 Å². The normalized spacial score (nSPS) is 25.1. The first-order valence-electron chi connectivity index (χ1n) is 5.52. The lowest BCUT2D eigenvalue weighted by atomic mass is 10.0. The molecule has 2 atom stereocenters. The van der Waals surface area contributed by atoms with Crippen LogP contribution in [0.15, 0.2) is 0 Å². The molecule has 2 heterocycles. The van der Waals surface area contributed by atoms with Gasteiger partial charge in [0.15, 0.2) is 0 Å². The van der Waals surface area contributed by atoms with Crippen molar-refractivity contribution in [2.45, 2.75) is 6.18 Å². The second-order valence-electron chi connectivity index (χ2n) is 4.34. The van der Waals surface area contributed by atoms with Gasteiger partial charge in [-0.05, 0) is 17.8 Å². The van der Waals surface area contributed by atoms with E-state index in [0.29, 0.717) is 11.8 Å². The average Bonchev–Trinajstić information content (AvgIpc) is 2.87. The molecule has 2 N–H and O–H groups in total. The smallest absolute Gasteiger partial charge is 0.475 e. The fraction of sp³-hybridized carbons (Fsp3) is 0.636. The summed E-state index contributed by atoms with van der Waals surface area (Å²) in [5.74, 6) is 0.539. The SMILES string of the molecule is C#CC(=O)N1CC2CNCC2C1.O=C(O)C(F)(F)F. The van der Waals surface area contributed by atoms with Gasteiger partial charge in [-0.25, -0.2) is 4.79 Å². The third kappa shape index (κ3) is 4.13. The minimum atomic E-state index is -5.08. The van der Waals surface area contributed by atoms with E-state index in [0.717, 1.165) is 26.2 Å². The minimum absolute atomic E-state index is 0.149. The Morgan fingerprint density at radius 2 is 1.68 bits per heavy atom. The number of carboxylic acid groups (broad SMARTS) is 1. The molecule has 1 amide bonds. The molecule has 0 bridgehead atoms. The number of nitrogens with zero attached hydrogens (tertiary/aromatic N) is 1. The number of carbonyl (C=O) groups is 2. The van der Waals surface area contributed by atoms with Crippen LogP contribution in [-0.2, 0) is 9.59 Å². The Morgan fingerprint density at radius 3 is 2.00 bits per heavy atom. The van der Waals surface area contributed by atoms with E-state index in [4.69, 9.17) is 16.3 Å². The van der Waals surface area contributed by atoms with E-state index in [2.05, 4.69) is 11.2 Å². The van der Waals surface area contributed by atoms with Crippen molar-refractivity contribution in [1.82, 2.24) is 10.2 Å². The number of halogens is 3. The molecule has 0 saturated carbocycles. The molecule has 2 aliphatic rings. The van der Waals surface area contributed by atoms with Crippen LogP contribution in [0.25, 0.3) is 0 Å². The maximum atomic E-state index is 11.1. The lowest BCUT2D eigenvalue weighted by molar-refractivity contribution is -0.192. The lowest BCUT2D eigenvalue weighted by Gasteiger charge is -2.13. The molecule has 0 aliphatic carbocycles. The van der Waals surface area contributed by atoms with E-state index in [1.807, 2.05) is 0 Å². The third-order valence-corrected chi connectivity index (χ3v) is 3.04. The number of hydrogen-bond donors (Lipinski definition) is 2. The highest BCUT2D eigenvalue weighted by Crippen LogP contribution is 2.25. The summed E-state index contributed by atoms with van der Waals surface area (Å²) in [6.45, 7) is 3.78. The maximum absolute atomic E-state index is 11.1. The van der Waals surface area contributed by atoms with Crippen molar-refractivity contribution in [2.75, 3.05) is 26.2 Å². The fourth-order valence-electron chi connectivity index (χ4n) is 2.11. The first-order chi connectivity index (χ1) is 8.75. The van der Waals surface area contributed by atoms with Crippen LogP contribution < -0.4 is 5.32 Å². The van der Waals surface area contributed by atoms with Crippen LogP contribution in [0.3, 0.4) is 0 Å². The van der Waals surface area contributed by atoms with Gasteiger partial charge in [0.1, 0.15) is 0 Å². The van der Waals surface area contributed by atoms with E-state index in [-0.39, 0.29) is 5.91 Å². The Hall–Kier alpha value is -1.75. The molecule has 2 aliphatic heterocycles. The highest BCUT2D eigenvalue weighted by molar-refractivity contribution is 5.93. The Kier molecular flexibility index (Phi) is 4.78. The molecule has 2 saturated heterocycles. The topological polar surface area (TPSA) is 69.6 Å². The zero-order chi connectivity index (χ0) is 14.6. The van der Waals surface area contributed by atoms with Gasteiger partial charge in [-0.3, -0.25) is 4.79 Å². The number of aliphatic carboxylic acids is 1. The van der Waals surface area contributed by atoms with Crippen molar-refractivity contribution in [2.24, 2.45) is 11.8 Å². The Bertz CT molecular complexity index is 391. The predicted octanol–water partition coefficient (Wildman–Crippen LogP) is -0.0693. The number of amides is 1. The van der Waals surface area contributed by atoms with Crippen LogP contribution in [0.4, 0.5) is 13.2 Å². The van der Waals surface area contributed by atoms with Crippen LogP contribution in [0.5, 0.6) is 0 Å². The molecular weight excluding hydrogens is 265 g/mol. The quantitative estimate of drug-likeness (QED) is 0.609.